The van der Waals surface area contributed by atoms with E-state index in [9.17, 15) is 0 Å². The Labute approximate surface area is 120 Å². The molecule has 2 aromatic heterocycles. The number of hydrogen-bond donors (Lipinski definition) is 1. The Bertz CT molecular complexity index is 681. The van der Waals surface area contributed by atoms with Crippen molar-refractivity contribution in [3.63, 3.8) is 0 Å². The van der Waals surface area contributed by atoms with Crippen molar-refractivity contribution in [2.45, 2.75) is 0 Å². The Balaban J connectivity index is 0.00000133. The molecular formula is C12H10Cl2N4O. The van der Waals surface area contributed by atoms with E-state index in [1.165, 1.54) is 6.33 Å². The maximum atomic E-state index is 5.93. The summed E-state index contributed by atoms with van der Waals surface area (Å²) in [5, 5.41) is 0.617. The van der Waals surface area contributed by atoms with Crippen LogP contribution in [0.5, 0.6) is 5.75 Å². The molecule has 7 heteroatoms. The van der Waals surface area contributed by atoms with Gasteiger partial charge in [0.1, 0.15) is 23.4 Å². The molecule has 0 spiro atoms. The third kappa shape index (κ3) is 2.47. The first kappa shape index (κ1) is 13.6. The third-order valence-corrected chi connectivity index (χ3v) is 2.82. The maximum Gasteiger partial charge on any atom is 0.181 e. The van der Waals surface area contributed by atoms with Gasteiger partial charge in [-0.15, -0.1) is 12.4 Å². The molecule has 0 radical (unpaired) electrons. The zero-order valence-corrected chi connectivity index (χ0v) is 11.5. The number of methoxy groups -OCH3 is 1. The van der Waals surface area contributed by atoms with E-state index in [0.717, 1.165) is 11.1 Å². The quantitative estimate of drug-likeness (QED) is 0.789. The number of ether oxygens (including phenoxy) is 1. The SMILES string of the molecule is COc1cc(Cl)ccc1-c1nc2ncncc2[nH]1.Cl. The largest absolute Gasteiger partial charge is 0.496 e. The van der Waals surface area contributed by atoms with E-state index in [1.54, 1.807) is 25.4 Å². The van der Waals surface area contributed by atoms with Crippen LogP contribution < -0.4 is 4.74 Å². The molecular weight excluding hydrogens is 287 g/mol. The average Bonchev–Trinajstić information content (AvgIpc) is 2.82. The van der Waals surface area contributed by atoms with Crippen molar-refractivity contribution in [1.29, 1.82) is 0 Å². The molecule has 0 bridgehead atoms. The van der Waals surface area contributed by atoms with E-state index in [0.29, 0.717) is 22.2 Å². The van der Waals surface area contributed by atoms with Gasteiger partial charge in [0, 0.05) is 5.02 Å². The number of benzene rings is 1. The van der Waals surface area contributed by atoms with Crippen molar-refractivity contribution in [2.24, 2.45) is 0 Å². The summed E-state index contributed by atoms with van der Waals surface area (Å²) < 4.78 is 5.30. The van der Waals surface area contributed by atoms with Crippen LogP contribution >= 0.6 is 24.0 Å². The number of aromatic amines is 1. The van der Waals surface area contributed by atoms with E-state index in [4.69, 9.17) is 16.3 Å². The van der Waals surface area contributed by atoms with Crippen LogP contribution in [-0.2, 0) is 0 Å². The predicted molar refractivity (Wildman–Crippen MR) is 75.9 cm³/mol. The van der Waals surface area contributed by atoms with Crippen LogP contribution in [0, 0.1) is 0 Å². The highest BCUT2D eigenvalue weighted by Crippen LogP contribution is 2.31. The van der Waals surface area contributed by atoms with Gasteiger partial charge in [-0.3, -0.25) is 0 Å². The molecule has 0 unspecified atom stereocenters. The van der Waals surface area contributed by atoms with Gasteiger partial charge in [0.25, 0.3) is 0 Å². The topological polar surface area (TPSA) is 63.7 Å². The Morgan fingerprint density at radius 2 is 2.16 bits per heavy atom. The minimum Gasteiger partial charge on any atom is -0.496 e. The molecule has 0 aliphatic rings. The molecule has 19 heavy (non-hydrogen) atoms. The zero-order valence-electron chi connectivity index (χ0n) is 9.92. The summed E-state index contributed by atoms with van der Waals surface area (Å²) in [6.45, 7) is 0. The highest BCUT2D eigenvalue weighted by atomic mass is 35.5. The fourth-order valence-corrected chi connectivity index (χ4v) is 1.91. The molecule has 0 amide bonds. The summed E-state index contributed by atoms with van der Waals surface area (Å²) in [5.41, 5.74) is 2.24. The van der Waals surface area contributed by atoms with Gasteiger partial charge < -0.3 is 9.72 Å². The van der Waals surface area contributed by atoms with Crippen molar-refractivity contribution in [2.75, 3.05) is 7.11 Å². The van der Waals surface area contributed by atoms with E-state index < -0.39 is 0 Å². The van der Waals surface area contributed by atoms with Gasteiger partial charge in [0.2, 0.25) is 0 Å². The number of H-pyrrole nitrogens is 1. The third-order valence-electron chi connectivity index (χ3n) is 2.58. The summed E-state index contributed by atoms with van der Waals surface area (Å²) in [5.74, 6) is 1.34. The second-order valence-corrected chi connectivity index (χ2v) is 4.13. The number of aromatic nitrogens is 4. The Morgan fingerprint density at radius 1 is 1.32 bits per heavy atom. The fourth-order valence-electron chi connectivity index (χ4n) is 1.75. The minimum atomic E-state index is 0. The highest BCUT2D eigenvalue weighted by Gasteiger charge is 2.11. The van der Waals surface area contributed by atoms with Gasteiger partial charge in [-0.05, 0) is 18.2 Å². The summed E-state index contributed by atoms with van der Waals surface area (Å²) in [7, 11) is 1.59. The Morgan fingerprint density at radius 3 is 2.89 bits per heavy atom. The smallest absolute Gasteiger partial charge is 0.181 e. The molecule has 0 fully saturated rings. The van der Waals surface area contributed by atoms with Crippen LogP contribution in [0.3, 0.4) is 0 Å². The molecule has 5 nitrogen and oxygen atoms in total. The molecule has 3 aromatic rings. The first-order valence-corrected chi connectivity index (χ1v) is 5.65. The van der Waals surface area contributed by atoms with Gasteiger partial charge in [-0.2, -0.15) is 0 Å². The number of halogens is 2. The van der Waals surface area contributed by atoms with Crippen LogP contribution in [0.2, 0.25) is 5.02 Å². The monoisotopic (exact) mass is 296 g/mol. The van der Waals surface area contributed by atoms with Crippen LogP contribution in [0.15, 0.2) is 30.7 Å². The first-order valence-electron chi connectivity index (χ1n) is 5.27. The molecule has 0 saturated heterocycles. The van der Waals surface area contributed by atoms with Crippen LogP contribution in [0.1, 0.15) is 0 Å². The average molecular weight is 297 g/mol. The highest BCUT2D eigenvalue weighted by molar-refractivity contribution is 6.30. The molecule has 0 aliphatic carbocycles. The van der Waals surface area contributed by atoms with Gasteiger partial charge >= 0.3 is 0 Å². The summed E-state index contributed by atoms with van der Waals surface area (Å²) >= 11 is 5.93. The van der Waals surface area contributed by atoms with Crippen molar-refractivity contribution in [3.05, 3.63) is 35.7 Å². The lowest BCUT2D eigenvalue weighted by Crippen LogP contribution is -1.89. The molecule has 0 aliphatic heterocycles. The second-order valence-electron chi connectivity index (χ2n) is 3.69. The standard InChI is InChI=1S/C12H9ClN4O.ClH/c1-18-10-4-7(13)2-3-8(10)11-16-9-5-14-6-15-12(9)17-11;/h2-6H,1H3,(H,14,15,16,17);1H. The normalized spacial score (nSPS) is 10.2. The van der Waals surface area contributed by atoms with Crippen LogP contribution in [0.25, 0.3) is 22.6 Å². The molecule has 0 atom stereocenters. The number of nitrogens with one attached hydrogen (secondary N) is 1. The molecule has 1 N–H and O–H groups in total. The molecule has 2 heterocycles. The number of fused-ring (bicyclic) bond motifs is 1. The summed E-state index contributed by atoms with van der Waals surface area (Å²) in [6, 6.07) is 5.39. The van der Waals surface area contributed by atoms with Crippen molar-refractivity contribution in [1.82, 2.24) is 19.9 Å². The molecule has 1 aromatic carbocycles. The van der Waals surface area contributed by atoms with Crippen molar-refractivity contribution >= 4 is 35.2 Å². The number of nitrogens with zero attached hydrogens (tertiary/aromatic N) is 3. The van der Waals surface area contributed by atoms with Crippen LogP contribution in [-0.4, -0.2) is 27.0 Å². The van der Waals surface area contributed by atoms with E-state index >= 15 is 0 Å². The number of imidazole rings is 1. The lowest BCUT2D eigenvalue weighted by atomic mass is 10.2. The molecule has 98 valence electrons. The second kappa shape index (κ2) is 5.42. The van der Waals surface area contributed by atoms with Gasteiger partial charge in [-0.1, -0.05) is 11.6 Å². The number of hydrogen-bond acceptors (Lipinski definition) is 4. The molecule has 0 saturated carbocycles. The van der Waals surface area contributed by atoms with Crippen molar-refractivity contribution < 1.29 is 4.74 Å². The van der Waals surface area contributed by atoms with Gasteiger partial charge in [0.05, 0.1) is 18.9 Å². The maximum absolute atomic E-state index is 5.93. The Hall–Kier alpha value is -1.85. The Kier molecular flexibility index (Phi) is 3.87. The minimum absolute atomic E-state index is 0. The number of rotatable bonds is 2. The van der Waals surface area contributed by atoms with E-state index in [2.05, 4.69) is 19.9 Å². The van der Waals surface area contributed by atoms with E-state index in [1.807, 2.05) is 6.07 Å². The van der Waals surface area contributed by atoms with Crippen molar-refractivity contribution in [3.8, 4) is 17.1 Å². The van der Waals surface area contributed by atoms with Crippen LogP contribution in [0.4, 0.5) is 0 Å². The van der Waals surface area contributed by atoms with Gasteiger partial charge in [-0.25, -0.2) is 15.0 Å². The first-order chi connectivity index (χ1) is 8.78. The predicted octanol–water partition coefficient (Wildman–Crippen LogP) is 3.10. The molecule has 3 rings (SSSR count). The zero-order chi connectivity index (χ0) is 12.5. The summed E-state index contributed by atoms with van der Waals surface area (Å²) in [6.07, 6.45) is 3.15. The fraction of sp³-hybridized carbons (Fsp3) is 0.0833. The van der Waals surface area contributed by atoms with Gasteiger partial charge in [0.15, 0.2) is 5.65 Å². The summed E-state index contributed by atoms with van der Waals surface area (Å²) in [4.78, 5) is 15.6. The lowest BCUT2D eigenvalue weighted by Gasteiger charge is -2.05. The van der Waals surface area contributed by atoms with E-state index in [-0.39, 0.29) is 12.4 Å². The lowest BCUT2D eigenvalue weighted by molar-refractivity contribution is 0.416.